The van der Waals surface area contributed by atoms with E-state index in [1.807, 2.05) is 54.6 Å². The van der Waals surface area contributed by atoms with Crippen LogP contribution in [0.5, 0.6) is 0 Å². The zero-order valence-corrected chi connectivity index (χ0v) is 30.1. The van der Waals surface area contributed by atoms with Crippen LogP contribution in [0.15, 0.2) is 164 Å². The van der Waals surface area contributed by atoms with Crippen LogP contribution in [0.1, 0.15) is 63.1 Å². The molecule has 0 aliphatic carbocycles. The first-order chi connectivity index (χ1) is 26.0. The highest BCUT2D eigenvalue weighted by atomic mass is 16.7. The van der Waals surface area contributed by atoms with Gasteiger partial charge in [-0.05, 0) is 63.2 Å². The lowest BCUT2D eigenvalue weighted by atomic mass is 9.89. The van der Waals surface area contributed by atoms with Crippen molar-refractivity contribution < 1.29 is 19.4 Å². The molecule has 2 N–H and O–H groups in total. The van der Waals surface area contributed by atoms with Gasteiger partial charge in [-0.15, -0.1) is 0 Å². The lowest BCUT2D eigenvalue weighted by Crippen LogP contribution is -2.44. The molecule has 6 nitrogen and oxygen atoms in total. The maximum atomic E-state index is 12.7. The highest BCUT2D eigenvalue weighted by Gasteiger charge is 2.39. The molecule has 1 amide bonds. The minimum atomic E-state index is -0.595. The number of hydrogen-bond donors (Lipinski definition) is 2. The third kappa shape index (κ3) is 9.36. The lowest BCUT2D eigenvalue weighted by Gasteiger charge is -2.43. The normalized spacial score (nSPS) is 18.5. The summed E-state index contributed by atoms with van der Waals surface area (Å²) in [5.41, 5.74) is 9.13. The number of amides is 1. The van der Waals surface area contributed by atoms with Gasteiger partial charge >= 0.3 is 0 Å². The van der Waals surface area contributed by atoms with Crippen LogP contribution >= 0.6 is 0 Å². The second kappa shape index (κ2) is 17.4. The SMILES string of the molecule is C[C@@H]1[C@H](CN(Cc2ccccc2)Cc2ccccc2)O[C@H](c2cccc(-c3cccc(CNC(=O)c4ccccc4)c3)c2)O[C@@H]1c1ccc(CO)cc1. The number of carbonyl (C=O) groups excluding carboxylic acids is 1. The standard InChI is InChI=1S/C47H46N2O4/c1-34-44(32-49(30-35-13-5-2-6-14-35)31-36-15-7-3-8-16-36)52-47(53-45(34)39-25-23-37(33-50)24-26-39)43-22-12-21-42(28-43)41-20-11-17-38(27-41)29-48-46(51)40-18-9-4-10-19-40/h2-28,34,44-45,47,50H,29-33H2,1H3,(H,48,51)/t34-,44+,45+,47+/m1/s1. The molecule has 4 atom stereocenters. The predicted molar refractivity (Wildman–Crippen MR) is 209 cm³/mol. The summed E-state index contributed by atoms with van der Waals surface area (Å²) in [7, 11) is 0. The summed E-state index contributed by atoms with van der Waals surface area (Å²) in [6, 6.07) is 55.2. The minimum Gasteiger partial charge on any atom is -0.392 e. The van der Waals surface area contributed by atoms with Gasteiger partial charge in [0.1, 0.15) is 0 Å². The molecule has 1 saturated heterocycles. The van der Waals surface area contributed by atoms with Crippen LogP contribution in [-0.4, -0.2) is 28.6 Å². The maximum absolute atomic E-state index is 12.7. The third-order valence-corrected chi connectivity index (χ3v) is 9.97. The van der Waals surface area contributed by atoms with Gasteiger partial charge in [-0.3, -0.25) is 9.69 Å². The van der Waals surface area contributed by atoms with E-state index in [-0.39, 0.29) is 30.6 Å². The average molecular weight is 703 g/mol. The molecule has 0 unspecified atom stereocenters. The zero-order chi connectivity index (χ0) is 36.4. The number of aliphatic hydroxyl groups excluding tert-OH is 1. The highest BCUT2D eigenvalue weighted by molar-refractivity contribution is 5.94. The molecule has 1 heterocycles. The van der Waals surface area contributed by atoms with E-state index in [9.17, 15) is 9.90 Å². The fourth-order valence-electron chi connectivity index (χ4n) is 7.05. The van der Waals surface area contributed by atoms with Gasteiger partial charge in [-0.1, -0.05) is 146 Å². The van der Waals surface area contributed by atoms with Crippen LogP contribution in [0.2, 0.25) is 0 Å². The molecular weight excluding hydrogens is 657 g/mol. The molecule has 6 aromatic rings. The van der Waals surface area contributed by atoms with Crippen molar-refractivity contribution in [2.45, 2.75) is 51.7 Å². The van der Waals surface area contributed by atoms with E-state index in [4.69, 9.17) is 9.47 Å². The molecule has 0 spiro atoms. The quantitative estimate of drug-likeness (QED) is 0.126. The number of aliphatic hydroxyl groups is 1. The fourth-order valence-corrected chi connectivity index (χ4v) is 7.05. The molecule has 1 aliphatic rings. The summed E-state index contributed by atoms with van der Waals surface area (Å²) in [4.78, 5) is 15.2. The van der Waals surface area contributed by atoms with E-state index in [1.54, 1.807) is 0 Å². The Morgan fingerprint density at radius 1 is 0.623 bits per heavy atom. The number of nitrogens with zero attached hydrogens (tertiary/aromatic N) is 1. The van der Waals surface area contributed by atoms with Crippen LogP contribution in [0.3, 0.4) is 0 Å². The van der Waals surface area contributed by atoms with E-state index >= 15 is 0 Å². The van der Waals surface area contributed by atoms with E-state index in [2.05, 4.69) is 126 Å². The Kier molecular flexibility index (Phi) is 11.8. The minimum absolute atomic E-state index is 0.00294. The molecule has 0 aromatic heterocycles. The Morgan fingerprint density at radius 2 is 1.21 bits per heavy atom. The van der Waals surface area contributed by atoms with Crippen molar-refractivity contribution in [3.63, 3.8) is 0 Å². The molecule has 6 aromatic carbocycles. The molecule has 0 radical (unpaired) electrons. The first-order valence-electron chi connectivity index (χ1n) is 18.4. The largest absolute Gasteiger partial charge is 0.392 e. The van der Waals surface area contributed by atoms with Gasteiger partial charge in [0.25, 0.3) is 5.91 Å². The number of hydrogen-bond acceptors (Lipinski definition) is 5. The first kappa shape index (κ1) is 36.0. The lowest BCUT2D eigenvalue weighted by molar-refractivity contribution is -0.276. The summed E-state index contributed by atoms with van der Waals surface area (Å²) in [6.07, 6.45) is -0.951. The molecular formula is C47H46N2O4. The van der Waals surface area contributed by atoms with Gasteiger partial charge in [0.2, 0.25) is 0 Å². The Bertz CT molecular complexity index is 2010. The molecule has 53 heavy (non-hydrogen) atoms. The molecule has 6 heteroatoms. The number of rotatable bonds is 13. The summed E-state index contributed by atoms with van der Waals surface area (Å²) in [5.74, 6) is -0.0497. The van der Waals surface area contributed by atoms with E-state index in [1.165, 1.54) is 11.1 Å². The van der Waals surface area contributed by atoms with Crippen molar-refractivity contribution >= 4 is 5.91 Å². The maximum Gasteiger partial charge on any atom is 0.251 e. The summed E-state index contributed by atoms with van der Waals surface area (Å²) in [6.45, 7) is 4.94. The first-order valence-corrected chi connectivity index (χ1v) is 18.4. The Hall–Kier alpha value is -5.37. The van der Waals surface area contributed by atoms with Crippen molar-refractivity contribution in [2.24, 2.45) is 5.92 Å². The number of nitrogens with one attached hydrogen (secondary N) is 1. The monoisotopic (exact) mass is 702 g/mol. The zero-order valence-electron chi connectivity index (χ0n) is 30.1. The average Bonchev–Trinajstić information content (AvgIpc) is 3.22. The Balaban J connectivity index is 1.15. The van der Waals surface area contributed by atoms with Gasteiger partial charge in [0.15, 0.2) is 6.29 Å². The van der Waals surface area contributed by atoms with E-state index in [0.29, 0.717) is 18.7 Å². The van der Waals surface area contributed by atoms with Gasteiger partial charge in [0.05, 0.1) is 18.8 Å². The van der Waals surface area contributed by atoms with Gasteiger partial charge in [-0.2, -0.15) is 0 Å². The van der Waals surface area contributed by atoms with Gasteiger partial charge in [-0.25, -0.2) is 0 Å². The summed E-state index contributed by atoms with van der Waals surface area (Å²) in [5, 5.41) is 12.8. The molecule has 1 fully saturated rings. The highest BCUT2D eigenvalue weighted by Crippen LogP contribution is 2.42. The fraction of sp³-hybridized carbons (Fsp3) is 0.213. The predicted octanol–water partition coefficient (Wildman–Crippen LogP) is 9.27. The molecule has 1 aliphatic heterocycles. The van der Waals surface area contributed by atoms with Crippen LogP contribution in [0, 0.1) is 5.92 Å². The second-order valence-corrected chi connectivity index (χ2v) is 13.8. The second-order valence-electron chi connectivity index (χ2n) is 13.8. The van der Waals surface area contributed by atoms with Gasteiger partial charge < -0.3 is 19.9 Å². The van der Waals surface area contributed by atoms with Crippen molar-refractivity contribution in [1.29, 1.82) is 0 Å². The van der Waals surface area contributed by atoms with Crippen molar-refractivity contribution in [3.05, 3.63) is 203 Å². The van der Waals surface area contributed by atoms with Crippen LogP contribution in [0.25, 0.3) is 11.1 Å². The van der Waals surface area contributed by atoms with Crippen LogP contribution in [-0.2, 0) is 35.7 Å². The summed E-state index contributed by atoms with van der Waals surface area (Å²) < 4.78 is 13.8. The number of carbonyl (C=O) groups is 1. The van der Waals surface area contributed by atoms with E-state index < -0.39 is 6.29 Å². The Morgan fingerprint density at radius 3 is 1.85 bits per heavy atom. The molecule has 7 rings (SSSR count). The molecule has 0 saturated carbocycles. The molecule has 268 valence electrons. The summed E-state index contributed by atoms with van der Waals surface area (Å²) >= 11 is 0. The van der Waals surface area contributed by atoms with E-state index in [0.717, 1.165) is 46.5 Å². The third-order valence-electron chi connectivity index (χ3n) is 9.97. The number of benzene rings is 6. The van der Waals surface area contributed by atoms with Crippen molar-refractivity contribution in [3.8, 4) is 11.1 Å². The smallest absolute Gasteiger partial charge is 0.251 e. The number of ether oxygens (including phenoxy) is 2. The van der Waals surface area contributed by atoms with Crippen molar-refractivity contribution in [2.75, 3.05) is 6.54 Å². The van der Waals surface area contributed by atoms with Gasteiger partial charge in [0, 0.05) is 43.2 Å². The van der Waals surface area contributed by atoms with Crippen LogP contribution < -0.4 is 5.32 Å². The Labute approximate surface area is 312 Å². The van der Waals surface area contributed by atoms with Crippen LogP contribution in [0.4, 0.5) is 0 Å². The van der Waals surface area contributed by atoms with Crippen molar-refractivity contribution in [1.82, 2.24) is 10.2 Å². The topological polar surface area (TPSA) is 71.0 Å². The molecule has 0 bridgehead atoms.